The van der Waals surface area contributed by atoms with Crippen LogP contribution in [0.4, 0.5) is 4.39 Å². The minimum absolute atomic E-state index is 0.0325. The minimum Gasteiger partial charge on any atom is -0.481 e. The number of hydrogen-bond acceptors (Lipinski definition) is 5. The summed E-state index contributed by atoms with van der Waals surface area (Å²) >= 11 is 0. The maximum Gasteiger partial charge on any atom is 0.305 e. The standard InChI is InChI=1S/C41H51FNO5PSi/c1-29(2)39-35(36(27-37(43-39)40(3,4)5)30-21-23-31(42)24-22-30)20-15-25-47-49(46)28-32(26-38(44)45)48-50(41(6,7)8,33-16-11-9-12-17-33)34-18-13-10-14-19-34/h9-24,27,29,32,49H,25-26,28H2,1-8H3,(H,44,45). The summed E-state index contributed by atoms with van der Waals surface area (Å²) in [5.41, 5.74) is 4.32. The van der Waals surface area contributed by atoms with Crippen LogP contribution in [0.25, 0.3) is 17.2 Å². The molecule has 0 spiro atoms. The lowest BCUT2D eigenvalue weighted by Crippen LogP contribution is -2.68. The quantitative estimate of drug-likeness (QED) is 0.104. The zero-order valence-electron chi connectivity index (χ0n) is 30.5. The molecule has 0 saturated heterocycles. The monoisotopic (exact) mass is 715 g/mol. The number of halogens is 1. The molecular formula is C41H51FNO5PSi. The van der Waals surface area contributed by atoms with Gasteiger partial charge in [0.25, 0.3) is 8.32 Å². The molecule has 6 nitrogen and oxygen atoms in total. The Morgan fingerprint density at radius 3 is 1.96 bits per heavy atom. The number of aromatic nitrogens is 1. The van der Waals surface area contributed by atoms with Crippen molar-refractivity contribution in [2.75, 3.05) is 12.8 Å². The fourth-order valence-electron chi connectivity index (χ4n) is 6.29. The number of rotatable bonds is 14. The maximum absolute atomic E-state index is 13.9. The van der Waals surface area contributed by atoms with Gasteiger partial charge in [-0.1, -0.05) is 140 Å². The topological polar surface area (TPSA) is 85.7 Å². The van der Waals surface area contributed by atoms with Crippen LogP contribution in [0.1, 0.15) is 84.7 Å². The first-order valence-electron chi connectivity index (χ1n) is 17.2. The van der Waals surface area contributed by atoms with Gasteiger partial charge in [-0.25, -0.2) is 4.39 Å². The van der Waals surface area contributed by atoms with Crippen molar-refractivity contribution < 1.29 is 27.8 Å². The summed E-state index contributed by atoms with van der Waals surface area (Å²) in [6, 6.07) is 28.4. The number of benzene rings is 3. The Kier molecular flexibility index (Phi) is 13.0. The first-order valence-corrected chi connectivity index (χ1v) is 20.6. The third-order valence-electron chi connectivity index (χ3n) is 8.74. The van der Waals surface area contributed by atoms with Gasteiger partial charge in [-0.2, -0.15) is 0 Å². The number of carboxylic acids is 1. The summed E-state index contributed by atoms with van der Waals surface area (Å²) in [7, 11) is -5.80. The van der Waals surface area contributed by atoms with Gasteiger partial charge in [-0.3, -0.25) is 14.3 Å². The lowest BCUT2D eigenvalue weighted by molar-refractivity contribution is -0.138. The number of pyridine rings is 1. The van der Waals surface area contributed by atoms with Crippen LogP contribution in [-0.2, 0) is 23.7 Å². The van der Waals surface area contributed by atoms with Gasteiger partial charge in [0.15, 0.2) is 8.03 Å². The number of carboxylic acid groups (broad SMARTS) is 1. The summed E-state index contributed by atoms with van der Waals surface area (Å²) in [5.74, 6) is -1.23. The molecule has 266 valence electrons. The highest BCUT2D eigenvalue weighted by molar-refractivity contribution is 7.39. The molecule has 0 bridgehead atoms. The van der Waals surface area contributed by atoms with E-state index in [9.17, 15) is 18.9 Å². The molecule has 50 heavy (non-hydrogen) atoms. The van der Waals surface area contributed by atoms with E-state index in [-0.39, 0.29) is 41.4 Å². The van der Waals surface area contributed by atoms with Gasteiger partial charge in [0.05, 0.1) is 24.8 Å². The fourth-order valence-corrected chi connectivity index (χ4v) is 12.1. The van der Waals surface area contributed by atoms with E-state index < -0.39 is 28.4 Å². The lowest BCUT2D eigenvalue weighted by Gasteiger charge is -2.45. The number of carbonyl (C=O) groups is 1. The van der Waals surface area contributed by atoms with Crippen molar-refractivity contribution in [2.24, 2.45) is 0 Å². The molecule has 0 radical (unpaired) electrons. The molecular weight excluding hydrogens is 665 g/mol. The summed E-state index contributed by atoms with van der Waals surface area (Å²) in [5, 5.41) is 11.6. The molecule has 1 aromatic heterocycles. The Balaban J connectivity index is 1.62. The molecule has 3 aromatic carbocycles. The van der Waals surface area contributed by atoms with E-state index in [0.29, 0.717) is 0 Å². The Morgan fingerprint density at radius 2 is 1.48 bits per heavy atom. The molecule has 0 amide bonds. The van der Waals surface area contributed by atoms with Crippen molar-refractivity contribution >= 4 is 38.8 Å². The Hall–Kier alpha value is -3.68. The van der Waals surface area contributed by atoms with Crippen LogP contribution < -0.4 is 10.4 Å². The molecule has 9 heteroatoms. The van der Waals surface area contributed by atoms with Gasteiger partial charge in [0.2, 0.25) is 0 Å². The number of nitrogens with zero attached hydrogens (tertiary/aromatic N) is 1. The van der Waals surface area contributed by atoms with E-state index in [1.54, 1.807) is 12.1 Å². The fraction of sp³-hybridized carbons (Fsp3) is 0.366. The summed E-state index contributed by atoms with van der Waals surface area (Å²) in [6.07, 6.45) is 2.57. The van der Waals surface area contributed by atoms with Crippen molar-refractivity contribution in [1.29, 1.82) is 0 Å². The number of aliphatic carboxylic acids is 1. The van der Waals surface area contributed by atoms with Crippen molar-refractivity contribution in [3.05, 3.63) is 120 Å². The third-order valence-corrected chi connectivity index (χ3v) is 15.1. The molecule has 0 fully saturated rings. The highest BCUT2D eigenvalue weighted by Gasteiger charge is 2.51. The van der Waals surface area contributed by atoms with E-state index >= 15 is 0 Å². The molecule has 0 aliphatic carbocycles. The van der Waals surface area contributed by atoms with E-state index in [1.165, 1.54) is 12.1 Å². The predicted molar refractivity (Wildman–Crippen MR) is 206 cm³/mol. The molecule has 1 heterocycles. The molecule has 4 rings (SSSR count). The maximum atomic E-state index is 13.9. The van der Waals surface area contributed by atoms with E-state index in [1.807, 2.05) is 72.8 Å². The molecule has 0 saturated carbocycles. The summed E-state index contributed by atoms with van der Waals surface area (Å²) in [6.45, 7) is 16.9. The summed E-state index contributed by atoms with van der Waals surface area (Å²) in [4.78, 5) is 17.2. The van der Waals surface area contributed by atoms with Gasteiger partial charge in [0.1, 0.15) is 5.82 Å². The number of hydrogen-bond donors (Lipinski definition) is 1. The molecule has 4 aromatic rings. The van der Waals surface area contributed by atoms with E-state index in [2.05, 4.69) is 61.5 Å². The van der Waals surface area contributed by atoms with Crippen molar-refractivity contribution in [3.63, 3.8) is 0 Å². The molecule has 1 N–H and O–H groups in total. The van der Waals surface area contributed by atoms with Crippen LogP contribution in [-0.4, -0.2) is 43.2 Å². The van der Waals surface area contributed by atoms with Crippen LogP contribution in [0, 0.1) is 5.82 Å². The average molecular weight is 716 g/mol. The van der Waals surface area contributed by atoms with Crippen LogP contribution in [0.2, 0.25) is 5.04 Å². The predicted octanol–water partition coefficient (Wildman–Crippen LogP) is 9.23. The zero-order chi connectivity index (χ0) is 36.7. The Morgan fingerprint density at radius 1 is 0.920 bits per heavy atom. The van der Waals surface area contributed by atoms with Crippen LogP contribution in [0.3, 0.4) is 0 Å². The van der Waals surface area contributed by atoms with Crippen molar-refractivity contribution in [3.8, 4) is 11.1 Å². The average Bonchev–Trinajstić information content (AvgIpc) is 3.05. The van der Waals surface area contributed by atoms with Gasteiger partial charge in [-0.15, -0.1) is 0 Å². The van der Waals surface area contributed by atoms with Crippen molar-refractivity contribution in [1.82, 2.24) is 4.98 Å². The van der Waals surface area contributed by atoms with Gasteiger partial charge < -0.3 is 14.1 Å². The van der Waals surface area contributed by atoms with E-state index in [4.69, 9.17) is 13.9 Å². The molecule has 2 atom stereocenters. The SMILES string of the molecule is CC(C)c1nc(C(C)(C)C)cc(-c2ccc(F)cc2)c1C=CCO[PH](=O)CC(CC(=O)O)O[Si](c1ccccc1)(c1ccccc1)C(C)(C)C. The first kappa shape index (κ1) is 39.1. The Bertz CT molecular complexity index is 1740. The minimum atomic E-state index is -3.09. The third kappa shape index (κ3) is 9.55. The normalized spacial score (nSPS) is 13.9. The lowest BCUT2D eigenvalue weighted by atomic mass is 9.86. The van der Waals surface area contributed by atoms with E-state index in [0.717, 1.165) is 38.5 Å². The van der Waals surface area contributed by atoms with Crippen LogP contribution in [0.5, 0.6) is 0 Å². The Labute approximate surface area is 298 Å². The van der Waals surface area contributed by atoms with Crippen LogP contribution in [0.15, 0.2) is 97.1 Å². The van der Waals surface area contributed by atoms with Gasteiger partial charge >= 0.3 is 5.97 Å². The van der Waals surface area contributed by atoms with Gasteiger partial charge in [0, 0.05) is 22.8 Å². The van der Waals surface area contributed by atoms with Gasteiger partial charge in [-0.05, 0) is 50.7 Å². The second kappa shape index (κ2) is 16.6. The molecule has 0 aliphatic rings. The summed E-state index contributed by atoms with van der Waals surface area (Å²) < 4.78 is 40.3. The molecule has 2 unspecified atom stereocenters. The highest BCUT2D eigenvalue weighted by Crippen LogP contribution is 2.39. The van der Waals surface area contributed by atoms with Crippen molar-refractivity contribution in [2.45, 2.75) is 84.3 Å². The van der Waals surface area contributed by atoms with Crippen LogP contribution >= 0.6 is 8.03 Å². The second-order valence-corrected chi connectivity index (χ2v) is 20.7. The largest absolute Gasteiger partial charge is 0.481 e. The zero-order valence-corrected chi connectivity index (χ0v) is 32.5. The molecule has 0 aliphatic heterocycles. The smallest absolute Gasteiger partial charge is 0.305 e. The second-order valence-electron chi connectivity index (χ2n) is 15.1. The highest BCUT2D eigenvalue weighted by atomic mass is 31.1. The first-order chi connectivity index (χ1) is 23.5.